The molecule has 1 aliphatic rings. The first-order chi connectivity index (χ1) is 8.51. The average Bonchev–Trinajstić information content (AvgIpc) is 2.70. The summed E-state index contributed by atoms with van der Waals surface area (Å²) in [5, 5.41) is 0. The van der Waals surface area contributed by atoms with Gasteiger partial charge in [-0.15, -0.1) is 0 Å². The van der Waals surface area contributed by atoms with Gasteiger partial charge in [0.05, 0.1) is 13.7 Å². The molecule has 0 saturated heterocycles. The minimum absolute atomic E-state index is 0.340. The Morgan fingerprint density at radius 2 is 2.11 bits per heavy atom. The third-order valence-corrected chi connectivity index (χ3v) is 3.96. The van der Waals surface area contributed by atoms with Gasteiger partial charge in [0.25, 0.3) is 0 Å². The molecule has 4 nitrogen and oxygen atoms in total. The van der Waals surface area contributed by atoms with Crippen molar-refractivity contribution in [1.82, 2.24) is 0 Å². The molecule has 1 aromatic carbocycles. The summed E-state index contributed by atoms with van der Waals surface area (Å²) in [6.07, 6.45) is 0.919. The van der Waals surface area contributed by atoms with Gasteiger partial charge in [-0.05, 0) is 24.6 Å². The number of nitrogens with two attached hydrogens (primary N) is 1. The van der Waals surface area contributed by atoms with E-state index < -0.39 is 5.54 Å². The van der Waals surface area contributed by atoms with Crippen molar-refractivity contribution >= 4 is 21.9 Å². The Morgan fingerprint density at radius 3 is 2.72 bits per heavy atom. The third-order valence-electron chi connectivity index (χ3n) is 3.22. The lowest BCUT2D eigenvalue weighted by molar-refractivity contribution is -0.149. The highest BCUT2D eigenvalue weighted by atomic mass is 79.9. The summed E-state index contributed by atoms with van der Waals surface area (Å²) in [7, 11) is 1.62. The summed E-state index contributed by atoms with van der Waals surface area (Å²) in [4.78, 5) is 11.9. The summed E-state index contributed by atoms with van der Waals surface area (Å²) in [5.74, 6) is 0.417. The number of hydrogen-bond donors (Lipinski definition) is 1. The highest BCUT2D eigenvalue weighted by Crippen LogP contribution is 2.39. The first-order valence-corrected chi connectivity index (χ1v) is 6.61. The first-order valence-electron chi connectivity index (χ1n) is 5.82. The summed E-state index contributed by atoms with van der Waals surface area (Å²) >= 11 is 3.49. The van der Waals surface area contributed by atoms with Crippen LogP contribution in [0.2, 0.25) is 0 Å². The van der Waals surface area contributed by atoms with Crippen molar-refractivity contribution in [2.24, 2.45) is 5.73 Å². The Bertz CT molecular complexity index is 489. The van der Waals surface area contributed by atoms with Crippen molar-refractivity contribution in [2.75, 3.05) is 13.7 Å². The lowest BCUT2D eigenvalue weighted by Gasteiger charge is -2.20. The molecule has 5 heteroatoms. The Hall–Kier alpha value is -1.07. The van der Waals surface area contributed by atoms with E-state index in [1.807, 2.05) is 12.1 Å². The minimum Gasteiger partial charge on any atom is -0.496 e. The summed E-state index contributed by atoms with van der Waals surface area (Å²) in [6, 6.07) is 3.79. The number of hydrogen-bond acceptors (Lipinski definition) is 4. The van der Waals surface area contributed by atoms with Crippen LogP contribution in [0.1, 0.15) is 18.1 Å². The molecule has 2 rings (SSSR count). The molecule has 0 aromatic heterocycles. The Kier molecular flexibility index (Phi) is 3.64. The molecule has 98 valence electrons. The third kappa shape index (κ3) is 2.12. The van der Waals surface area contributed by atoms with Gasteiger partial charge in [0.1, 0.15) is 11.3 Å². The number of carbonyl (C=O) groups excluding carboxylic acids is 1. The summed E-state index contributed by atoms with van der Waals surface area (Å²) < 4.78 is 11.3. The van der Waals surface area contributed by atoms with Crippen molar-refractivity contribution in [2.45, 2.75) is 25.3 Å². The normalized spacial score (nSPS) is 21.6. The second-order valence-electron chi connectivity index (χ2n) is 4.44. The van der Waals surface area contributed by atoms with Crippen molar-refractivity contribution in [3.8, 4) is 5.75 Å². The molecule has 0 aliphatic heterocycles. The molecular weight excluding hydrogens is 298 g/mol. The van der Waals surface area contributed by atoms with E-state index in [1.165, 1.54) is 0 Å². The SMILES string of the molecule is CCOC(=O)[C@@]1(N)Cc2c(Br)ccc(OC)c2C1. The monoisotopic (exact) mass is 313 g/mol. The molecule has 0 bridgehead atoms. The molecule has 0 unspecified atom stereocenters. The van der Waals surface area contributed by atoms with Crippen LogP contribution in [0.4, 0.5) is 0 Å². The number of halogens is 1. The van der Waals surface area contributed by atoms with Gasteiger partial charge >= 0.3 is 5.97 Å². The van der Waals surface area contributed by atoms with Crippen LogP contribution in [0.15, 0.2) is 16.6 Å². The predicted molar refractivity (Wildman–Crippen MR) is 71.7 cm³/mol. The van der Waals surface area contributed by atoms with Crippen molar-refractivity contribution < 1.29 is 14.3 Å². The van der Waals surface area contributed by atoms with Crippen LogP contribution in [0, 0.1) is 0 Å². The molecule has 0 fully saturated rings. The van der Waals surface area contributed by atoms with E-state index in [1.54, 1.807) is 14.0 Å². The van der Waals surface area contributed by atoms with E-state index in [0.29, 0.717) is 19.4 Å². The van der Waals surface area contributed by atoms with Gasteiger partial charge in [-0.25, -0.2) is 0 Å². The second kappa shape index (κ2) is 4.90. The number of benzene rings is 1. The lowest BCUT2D eigenvalue weighted by atomic mass is 9.97. The topological polar surface area (TPSA) is 61.5 Å². The average molecular weight is 314 g/mol. The van der Waals surface area contributed by atoms with Crippen LogP contribution in [0.5, 0.6) is 5.75 Å². The number of esters is 1. The molecule has 18 heavy (non-hydrogen) atoms. The van der Waals surface area contributed by atoms with Crippen molar-refractivity contribution in [3.05, 3.63) is 27.7 Å². The van der Waals surface area contributed by atoms with Gasteiger partial charge < -0.3 is 15.2 Å². The number of carbonyl (C=O) groups is 1. The Labute approximate surface area is 115 Å². The van der Waals surface area contributed by atoms with Crippen LogP contribution < -0.4 is 10.5 Å². The fourth-order valence-electron chi connectivity index (χ4n) is 2.33. The van der Waals surface area contributed by atoms with Gasteiger partial charge in [-0.2, -0.15) is 0 Å². The molecular formula is C13H16BrNO3. The van der Waals surface area contributed by atoms with E-state index in [9.17, 15) is 4.79 Å². The Balaban J connectivity index is 2.37. The van der Waals surface area contributed by atoms with Crippen molar-refractivity contribution in [3.63, 3.8) is 0 Å². The molecule has 2 N–H and O–H groups in total. The van der Waals surface area contributed by atoms with Gasteiger partial charge in [0, 0.05) is 22.9 Å². The molecule has 0 amide bonds. The van der Waals surface area contributed by atoms with Gasteiger partial charge in [0.2, 0.25) is 0 Å². The molecule has 1 aromatic rings. The number of fused-ring (bicyclic) bond motifs is 1. The van der Waals surface area contributed by atoms with Gasteiger partial charge in [-0.1, -0.05) is 15.9 Å². The van der Waals surface area contributed by atoms with Crippen LogP contribution in [-0.2, 0) is 22.4 Å². The van der Waals surface area contributed by atoms with Crippen LogP contribution in [-0.4, -0.2) is 25.2 Å². The molecule has 1 atom stereocenters. The smallest absolute Gasteiger partial charge is 0.326 e. The van der Waals surface area contributed by atoms with Crippen LogP contribution in [0.25, 0.3) is 0 Å². The molecule has 0 radical (unpaired) electrons. The number of rotatable bonds is 3. The standard InChI is InChI=1S/C13H16BrNO3/c1-3-18-12(16)13(15)6-8-9(7-13)11(17-2)5-4-10(8)14/h4-5H,3,6-7,15H2,1-2H3/t13-/m1/s1. The van der Waals surface area contributed by atoms with Gasteiger partial charge in [0.15, 0.2) is 0 Å². The fraction of sp³-hybridized carbons (Fsp3) is 0.462. The molecule has 0 spiro atoms. The quantitative estimate of drug-likeness (QED) is 0.865. The highest BCUT2D eigenvalue weighted by molar-refractivity contribution is 9.10. The second-order valence-corrected chi connectivity index (χ2v) is 5.29. The zero-order valence-corrected chi connectivity index (χ0v) is 12.0. The van der Waals surface area contributed by atoms with E-state index in [4.69, 9.17) is 15.2 Å². The van der Waals surface area contributed by atoms with E-state index >= 15 is 0 Å². The maximum atomic E-state index is 11.9. The Morgan fingerprint density at radius 1 is 1.44 bits per heavy atom. The number of methoxy groups -OCH3 is 1. The minimum atomic E-state index is -0.977. The molecule has 0 heterocycles. The first kappa shape index (κ1) is 13.4. The molecule has 0 saturated carbocycles. The predicted octanol–water partition coefficient (Wildman–Crippen LogP) is 1.82. The maximum absolute atomic E-state index is 11.9. The maximum Gasteiger partial charge on any atom is 0.326 e. The number of ether oxygens (including phenoxy) is 2. The van der Waals surface area contributed by atoms with Crippen LogP contribution >= 0.6 is 15.9 Å². The van der Waals surface area contributed by atoms with Crippen molar-refractivity contribution in [1.29, 1.82) is 0 Å². The van der Waals surface area contributed by atoms with Crippen LogP contribution in [0.3, 0.4) is 0 Å². The van der Waals surface area contributed by atoms with E-state index in [0.717, 1.165) is 21.3 Å². The van der Waals surface area contributed by atoms with Gasteiger partial charge in [-0.3, -0.25) is 4.79 Å². The highest BCUT2D eigenvalue weighted by Gasteiger charge is 2.43. The molecule has 1 aliphatic carbocycles. The summed E-state index contributed by atoms with van der Waals surface area (Å²) in [5.41, 5.74) is 7.22. The largest absolute Gasteiger partial charge is 0.496 e. The van der Waals surface area contributed by atoms with E-state index in [2.05, 4.69) is 15.9 Å². The zero-order valence-electron chi connectivity index (χ0n) is 10.5. The lowest BCUT2D eigenvalue weighted by Crippen LogP contribution is -2.50. The van der Waals surface area contributed by atoms with E-state index in [-0.39, 0.29) is 5.97 Å². The summed E-state index contributed by atoms with van der Waals surface area (Å²) in [6.45, 7) is 2.12. The zero-order chi connectivity index (χ0) is 13.3. The fourth-order valence-corrected chi connectivity index (χ4v) is 2.84.